The van der Waals surface area contributed by atoms with E-state index in [9.17, 15) is 4.79 Å². The van der Waals surface area contributed by atoms with Crippen LogP contribution in [0.5, 0.6) is 0 Å². The molecule has 0 radical (unpaired) electrons. The molecule has 5 heteroatoms. The second-order valence-electron chi connectivity index (χ2n) is 3.19. The minimum absolute atomic E-state index is 0.0928. The summed E-state index contributed by atoms with van der Waals surface area (Å²) in [7, 11) is 0. The Morgan fingerprint density at radius 1 is 1.53 bits per heavy atom. The summed E-state index contributed by atoms with van der Waals surface area (Å²) in [4.78, 5) is 11.7. The van der Waals surface area contributed by atoms with Crippen LogP contribution in [0, 0.1) is 0 Å². The Kier molecular flexibility index (Phi) is 5.09. The van der Waals surface area contributed by atoms with Crippen LogP contribution in [0.15, 0.2) is 22.7 Å². The lowest BCUT2D eigenvalue weighted by Gasteiger charge is -2.10. The van der Waals surface area contributed by atoms with E-state index in [1.54, 1.807) is 18.2 Å². The maximum absolute atomic E-state index is 11.7. The maximum Gasteiger partial charge on any atom is 0.251 e. The summed E-state index contributed by atoms with van der Waals surface area (Å²) in [6, 6.07) is 5.21. The molecular weight excluding hydrogens is 345 g/mol. The summed E-state index contributed by atoms with van der Waals surface area (Å²) in [6.45, 7) is 1.92. The summed E-state index contributed by atoms with van der Waals surface area (Å²) >= 11 is 12.4. The lowest BCUT2D eigenvalue weighted by molar-refractivity contribution is 0.0944. The van der Waals surface area contributed by atoms with Gasteiger partial charge in [-0.15, -0.1) is 0 Å². The van der Waals surface area contributed by atoms with Crippen molar-refractivity contribution >= 4 is 49.4 Å². The molecule has 0 bridgehead atoms. The van der Waals surface area contributed by atoms with E-state index in [4.69, 9.17) is 11.6 Å². The van der Waals surface area contributed by atoms with Gasteiger partial charge in [-0.2, -0.15) is 0 Å². The molecule has 0 spiro atoms. The summed E-state index contributed by atoms with van der Waals surface area (Å²) in [6.07, 6.45) is 0. The van der Waals surface area contributed by atoms with Gasteiger partial charge in [-0.05, 0) is 25.1 Å². The summed E-state index contributed by atoms with van der Waals surface area (Å²) in [5, 5.41) is 4.10. The lowest BCUT2D eigenvalue weighted by atomic mass is 10.2. The quantitative estimate of drug-likeness (QED) is 0.825. The summed E-state index contributed by atoms with van der Waals surface area (Å²) < 4.78 is 0.798. The molecular formula is C10H10Br2ClNO. The number of carbonyl (C=O) groups excluding carboxylic acids is 1. The molecule has 2 nitrogen and oxygen atoms in total. The van der Waals surface area contributed by atoms with Crippen molar-refractivity contribution < 1.29 is 4.79 Å². The Hall–Kier alpha value is -0.0600. The Balaban J connectivity index is 2.82. The highest BCUT2D eigenvalue weighted by Crippen LogP contribution is 2.19. The highest BCUT2D eigenvalue weighted by atomic mass is 79.9. The standard InChI is InChI=1S/C10H10Br2ClNO/c1-6(5-11)14-10(15)7-2-8(12)4-9(13)3-7/h2-4,6H,5H2,1H3,(H,14,15). The third-order valence-corrected chi connectivity index (χ3v) is 3.38. The Bertz CT molecular complexity index is 350. The molecule has 0 aliphatic heterocycles. The molecule has 0 fully saturated rings. The van der Waals surface area contributed by atoms with Gasteiger partial charge in [0.05, 0.1) is 0 Å². The van der Waals surface area contributed by atoms with Gasteiger partial charge in [0.1, 0.15) is 0 Å². The largest absolute Gasteiger partial charge is 0.349 e. The third-order valence-electron chi connectivity index (χ3n) is 1.73. The van der Waals surface area contributed by atoms with Crippen molar-refractivity contribution in [2.45, 2.75) is 13.0 Å². The van der Waals surface area contributed by atoms with Crippen molar-refractivity contribution in [3.05, 3.63) is 33.3 Å². The lowest BCUT2D eigenvalue weighted by Crippen LogP contribution is -2.33. The number of halogens is 3. The fraction of sp³-hybridized carbons (Fsp3) is 0.300. The van der Waals surface area contributed by atoms with Gasteiger partial charge >= 0.3 is 0 Å². The van der Waals surface area contributed by atoms with Crippen LogP contribution in [-0.4, -0.2) is 17.3 Å². The number of hydrogen-bond donors (Lipinski definition) is 1. The number of amides is 1. The summed E-state index contributed by atoms with van der Waals surface area (Å²) in [5.74, 6) is -0.120. The molecule has 0 aromatic heterocycles. The van der Waals surface area contributed by atoms with Gasteiger partial charge in [0.2, 0.25) is 0 Å². The van der Waals surface area contributed by atoms with E-state index >= 15 is 0 Å². The van der Waals surface area contributed by atoms with Crippen LogP contribution >= 0.6 is 43.5 Å². The second-order valence-corrected chi connectivity index (χ2v) is 5.19. The minimum Gasteiger partial charge on any atom is -0.349 e. The fourth-order valence-electron chi connectivity index (χ4n) is 1.03. The zero-order chi connectivity index (χ0) is 11.4. The number of nitrogens with one attached hydrogen (secondary N) is 1. The molecule has 0 aliphatic carbocycles. The molecule has 0 saturated heterocycles. The molecule has 0 heterocycles. The van der Waals surface area contributed by atoms with Crippen molar-refractivity contribution in [3.8, 4) is 0 Å². The third kappa shape index (κ3) is 4.13. The van der Waals surface area contributed by atoms with Gasteiger partial charge in [0.25, 0.3) is 5.91 Å². The zero-order valence-electron chi connectivity index (χ0n) is 8.06. The monoisotopic (exact) mass is 353 g/mol. The van der Waals surface area contributed by atoms with Crippen molar-refractivity contribution in [2.75, 3.05) is 5.33 Å². The highest BCUT2D eigenvalue weighted by molar-refractivity contribution is 9.10. The molecule has 1 atom stereocenters. The number of carbonyl (C=O) groups is 1. The van der Waals surface area contributed by atoms with E-state index in [0.717, 1.165) is 9.80 Å². The first kappa shape index (κ1) is 13.0. The molecule has 1 aromatic rings. The van der Waals surface area contributed by atoms with Crippen LogP contribution in [0.2, 0.25) is 5.02 Å². The van der Waals surface area contributed by atoms with Crippen LogP contribution in [0.4, 0.5) is 0 Å². The van der Waals surface area contributed by atoms with Gasteiger partial charge < -0.3 is 5.32 Å². The number of benzene rings is 1. The first-order valence-electron chi connectivity index (χ1n) is 4.36. The van der Waals surface area contributed by atoms with Crippen molar-refractivity contribution in [1.82, 2.24) is 5.32 Å². The first-order valence-corrected chi connectivity index (χ1v) is 6.65. The molecule has 0 aliphatic rings. The van der Waals surface area contributed by atoms with Gasteiger partial charge in [-0.25, -0.2) is 0 Å². The summed E-state index contributed by atoms with van der Waals surface area (Å²) in [5.41, 5.74) is 0.558. The van der Waals surface area contributed by atoms with E-state index in [-0.39, 0.29) is 11.9 Å². The van der Waals surface area contributed by atoms with E-state index in [2.05, 4.69) is 37.2 Å². The molecule has 0 saturated carbocycles. The van der Waals surface area contributed by atoms with Crippen LogP contribution < -0.4 is 5.32 Å². The predicted molar refractivity (Wildman–Crippen MR) is 69.9 cm³/mol. The highest BCUT2D eigenvalue weighted by Gasteiger charge is 2.09. The topological polar surface area (TPSA) is 29.1 Å². The molecule has 1 aromatic carbocycles. The molecule has 1 amide bonds. The maximum atomic E-state index is 11.7. The molecule has 1 N–H and O–H groups in total. The van der Waals surface area contributed by atoms with Crippen LogP contribution in [0.1, 0.15) is 17.3 Å². The van der Waals surface area contributed by atoms with Gasteiger partial charge in [0.15, 0.2) is 0 Å². The Labute approximate surface area is 111 Å². The number of alkyl halides is 1. The van der Waals surface area contributed by atoms with E-state index < -0.39 is 0 Å². The van der Waals surface area contributed by atoms with Crippen LogP contribution in [0.25, 0.3) is 0 Å². The number of hydrogen-bond acceptors (Lipinski definition) is 1. The van der Waals surface area contributed by atoms with Crippen molar-refractivity contribution in [2.24, 2.45) is 0 Å². The predicted octanol–water partition coefficient (Wildman–Crippen LogP) is 3.62. The first-order chi connectivity index (χ1) is 7.02. The van der Waals surface area contributed by atoms with Crippen molar-refractivity contribution in [1.29, 1.82) is 0 Å². The zero-order valence-corrected chi connectivity index (χ0v) is 12.0. The van der Waals surface area contributed by atoms with Gasteiger partial charge in [-0.3, -0.25) is 4.79 Å². The molecule has 15 heavy (non-hydrogen) atoms. The molecule has 1 unspecified atom stereocenters. The number of rotatable bonds is 3. The second kappa shape index (κ2) is 5.87. The minimum atomic E-state index is -0.120. The van der Waals surface area contributed by atoms with Gasteiger partial charge in [0, 0.05) is 26.4 Å². The normalized spacial score (nSPS) is 12.3. The van der Waals surface area contributed by atoms with Crippen molar-refractivity contribution in [3.63, 3.8) is 0 Å². The van der Waals surface area contributed by atoms with E-state index in [1.807, 2.05) is 6.92 Å². The van der Waals surface area contributed by atoms with Crippen LogP contribution in [-0.2, 0) is 0 Å². The van der Waals surface area contributed by atoms with E-state index in [0.29, 0.717) is 10.6 Å². The average Bonchev–Trinajstić information content (AvgIpc) is 2.16. The van der Waals surface area contributed by atoms with Gasteiger partial charge in [-0.1, -0.05) is 43.5 Å². The average molecular weight is 355 g/mol. The molecule has 82 valence electrons. The van der Waals surface area contributed by atoms with E-state index in [1.165, 1.54) is 0 Å². The smallest absolute Gasteiger partial charge is 0.251 e. The SMILES string of the molecule is CC(CBr)NC(=O)c1cc(Cl)cc(Br)c1. The fourth-order valence-corrected chi connectivity index (χ4v) is 2.05. The Morgan fingerprint density at radius 3 is 2.73 bits per heavy atom. The van der Waals surface area contributed by atoms with Crippen LogP contribution in [0.3, 0.4) is 0 Å². The molecule has 1 rings (SSSR count). The Morgan fingerprint density at radius 2 is 2.20 bits per heavy atom.